The van der Waals surface area contributed by atoms with Gasteiger partial charge in [0.25, 0.3) is 0 Å². The molecule has 1 atom stereocenters. The smallest absolute Gasteiger partial charge is 0.143 e. The maximum absolute atomic E-state index is 4.32. The lowest BCUT2D eigenvalue weighted by Crippen LogP contribution is -2.08. The molecule has 1 aliphatic carbocycles. The van der Waals surface area contributed by atoms with E-state index >= 15 is 0 Å². The third kappa shape index (κ3) is 2.41. The zero-order valence-corrected chi connectivity index (χ0v) is 11.0. The molecule has 4 heteroatoms. The number of aromatic nitrogens is 3. The summed E-state index contributed by atoms with van der Waals surface area (Å²) in [5, 5.41) is 9.38. The van der Waals surface area contributed by atoms with E-state index in [0.717, 1.165) is 17.6 Å². The van der Waals surface area contributed by atoms with Crippen molar-refractivity contribution in [3.05, 3.63) is 11.6 Å². The molecule has 0 bridgehead atoms. The minimum absolute atomic E-state index is 0.687. The van der Waals surface area contributed by atoms with Crippen LogP contribution < -0.4 is 0 Å². The number of hydrogen-bond donors (Lipinski definition) is 0. The van der Waals surface area contributed by atoms with Crippen molar-refractivity contribution in [3.63, 3.8) is 0 Å². The van der Waals surface area contributed by atoms with Gasteiger partial charge in [-0.2, -0.15) is 0 Å². The first-order valence-electron chi connectivity index (χ1n) is 5.74. The molecule has 1 aromatic heterocycles. The van der Waals surface area contributed by atoms with Crippen LogP contribution in [-0.2, 0) is 11.8 Å². The molecule has 0 amide bonds. The maximum atomic E-state index is 4.32. The molecule has 15 heavy (non-hydrogen) atoms. The van der Waals surface area contributed by atoms with Crippen molar-refractivity contribution in [2.24, 2.45) is 5.92 Å². The minimum atomic E-state index is 0.687. The van der Waals surface area contributed by atoms with E-state index < -0.39 is 0 Å². The molecular formula is C11H18BrN3. The molecule has 1 aliphatic rings. The van der Waals surface area contributed by atoms with Gasteiger partial charge in [-0.05, 0) is 18.8 Å². The molecule has 0 aromatic carbocycles. The number of rotatable bonds is 5. The van der Waals surface area contributed by atoms with Crippen LogP contribution in [0.1, 0.15) is 50.8 Å². The van der Waals surface area contributed by atoms with E-state index in [1.54, 1.807) is 0 Å². The molecule has 1 aromatic rings. The Balaban J connectivity index is 2.18. The van der Waals surface area contributed by atoms with Crippen molar-refractivity contribution in [1.82, 2.24) is 14.8 Å². The molecule has 84 valence electrons. The van der Waals surface area contributed by atoms with E-state index in [1.165, 1.54) is 25.1 Å². The average molecular weight is 272 g/mol. The molecule has 1 saturated carbocycles. The summed E-state index contributed by atoms with van der Waals surface area (Å²) in [6, 6.07) is 0.687. The monoisotopic (exact) mass is 271 g/mol. The molecule has 1 heterocycles. The van der Waals surface area contributed by atoms with Gasteiger partial charge < -0.3 is 4.57 Å². The highest BCUT2D eigenvalue weighted by molar-refractivity contribution is 9.08. The van der Waals surface area contributed by atoms with Crippen LogP contribution in [0.15, 0.2) is 0 Å². The van der Waals surface area contributed by atoms with Crippen LogP contribution in [0.25, 0.3) is 0 Å². The molecule has 0 saturated heterocycles. The first kappa shape index (κ1) is 11.1. The van der Waals surface area contributed by atoms with Crippen molar-refractivity contribution in [1.29, 1.82) is 0 Å². The second-order valence-electron chi connectivity index (χ2n) is 4.48. The SMILES string of the molecule is CCC(C)Cc1nnc(CBr)n1C1CC1. The van der Waals surface area contributed by atoms with Crippen LogP contribution >= 0.6 is 15.9 Å². The van der Waals surface area contributed by atoms with Gasteiger partial charge in [-0.15, -0.1) is 10.2 Å². The first-order valence-corrected chi connectivity index (χ1v) is 6.87. The first-order chi connectivity index (χ1) is 7.26. The molecule has 0 radical (unpaired) electrons. The average Bonchev–Trinajstić information content (AvgIpc) is 3.00. The number of nitrogens with zero attached hydrogens (tertiary/aromatic N) is 3. The van der Waals surface area contributed by atoms with E-state index in [4.69, 9.17) is 0 Å². The summed E-state index contributed by atoms with van der Waals surface area (Å²) in [7, 11) is 0. The van der Waals surface area contributed by atoms with Gasteiger partial charge >= 0.3 is 0 Å². The van der Waals surface area contributed by atoms with Gasteiger partial charge in [0.05, 0.1) is 5.33 Å². The molecule has 3 nitrogen and oxygen atoms in total. The Labute approximate surface area is 99.4 Å². The van der Waals surface area contributed by atoms with E-state index in [2.05, 4.69) is 44.5 Å². The minimum Gasteiger partial charge on any atom is -0.311 e. The van der Waals surface area contributed by atoms with Crippen molar-refractivity contribution >= 4 is 15.9 Å². The normalized spacial score (nSPS) is 18.1. The summed E-state index contributed by atoms with van der Waals surface area (Å²) >= 11 is 3.48. The summed E-state index contributed by atoms with van der Waals surface area (Å²) in [5.41, 5.74) is 0. The second kappa shape index (κ2) is 4.64. The summed E-state index contributed by atoms with van der Waals surface area (Å²) in [6.07, 6.45) is 4.87. The molecule has 0 aliphatic heterocycles. The largest absolute Gasteiger partial charge is 0.311 e. The summed E-state index contributed by atoms with van der Waals surface area (Å²) in [6.45, 7) is 4.51. The highest BCUT2D eigenvalue weighted by Crippen LogP contribution is 2.37. The fourth-order valence-electron chi connectivity index (χ4n) is 1.80. The Hall–Kier alpha value is -0.380. The van der Waals surface area contributed by atoms with E-state index in [-0.39, 0.29) is 0 Å². The molecule has 1 fully saturated rings. The van der Waals surface area contributed by atoms with E-state index in [0.29, 0.717) is 12.0 Å². The number of halogens is 1. The third-order valence-electron chi connectivity index (χ3n) is 3.10. The highest BCUT2D eigenvalue weighted by atomic mass is 79.9. The Morgan fingerprint density at radius 2 is 2.07 bits per heavy atom. The van der Waals surface area contributed by atoms with Crippen LogP contribution in [0.4, 0.5) is 0 Å². The molecule has 1 unspecified atom stereocenters. The van der Waals surface area contributed by atoms with Crippen molar-refractivity contribution in [3.8, 4) is 0 Å². The van der Waals surface area contributed by atoms with E-state index in [1.807, 2.05) is 0 Å². The van der Waals surface area contributed by atoms with Crippen LogP contribution in [0.3, 0.4) is 0 Å². The van der Waals surface area contributed by atoms with Gasteiger partial charge in [0.1, 0.15) is 11.6 Å². The zero-order valence-electron chi connectivity index (χ0n) is 9.41. The number of alkyl halides is 1. The Morgan fingerprint density at radius 1 is 1.40 bits per heavy atom. The van der Waals surface area contributed by atoms with Crippen LogP contribution in [0.5, 0.6) is 0 Å². The van der Waals surface area contributed by atoms with Crippen molar-refractivity contribution in [2.45, 2.75) is 50.9 Å². The quantitative estimate of drug-likeness (QED) is 0.771. The highest BCUT2D eigenvalue weighted by Gasteiger charge is 2.29. The lowest BCUT2D eigenvalue weighted by atomic mass is 10.1. The van der Waals surface area contributed by atoms with Gasteiger partial charge in [0.15, 0.2) is 0 Å². The van der Waals surface area contributed by atoms with Crippen LogP contribution in [0.2, 0.25) is 0 Å². The standard InChI is InChI=1S/C11H18BrN3/c1-3-8(2)6-10-13-14-11(7-12)15(10)9-4-5-9/h8-9H,3-7H2,1-2H3. The van der Waals surface area contributed by atoms with Gasteiger partial charge in [-0.25, -0.2) is 0 Å². The fraction of sp³-hybridized carbons (Fsp3) is 0.818. The third-order valence-corrected chi connectivity index (χ3v) is 3.60. The fourth-order valence-corrected chi connectivity index (χ4v) is 2.18. The Kier molecular flexibility index (Phi) is 3.44. The lowest BCUT2D eigenvalue weighted by molar-refractivity contribution is 0.519. The van der Waals surface area contributed by atoms with Gasteiger partial charge in [0.2, 0.25) is 0 Å². The maximum Gasteiger partial charge on any atom is 0.143 e. The second-order valence-corrected chi connectivity index (χ2v) is 5.05. The molecule has 0 spiro atoms. The van der Waals surface area contributed by atoms with Gasteiger partial charge in [-0.1, -0.05) is 36.2 Å². The predicted octanol–water partition coefficient (Wildman–Crippen LogP) is 3.10. The summed E-state index contributed by atoms with van der Waals surface area (Å²) in [5.74, 6) is 2.98. The summed E-state index contributed by atoms with van der Waals surface area (Å²) in [4.78, 5) is 0. The van der Waals surface area contributed by atoms with Gasteiger partial charge in [-0.3, -0.25) is 0 Å². The predicted molar refractivity (Wildman–Crippen MR) is 64.1 cm³/mol. The molecular weight excluding hydrogens is 254 g/mol. The van der Waals surface area contributed by atoms with Crippen LogP contribution in [0, 0.1) is 5.92 Å². The van der Waals surface area contributed by atoms with Crippen LogP contribution in [-0.4, -0.2) is 14.8 Å². The van der Waals surface area contributed by atoms with Gasteiger partial charge in [0, 0.05) is 12.5 Å². The Morgan fingerprint density at radius 3 is 2.60 bits per heavy atom. The van der Waals surface area contributed by atoms with E-state index in [9.17, 15) is 0 Å². The van der Waals surface area contributed by atoms with Crippen molar-refractivity contribution in [2.75, 3.05) is 0 Å². The lowest BCUT2D eigenvalue weighted by Gasteiger charge is -2.10. The Bertz CT molecular complexity index is 331. The number of hydrogen-bond acceptors (Lipinski definition) is 2. The zero-order chi connectivity index (χ0) is 10.8. The molecule has 0 N–H and O–H groups in total. The topological polar surface area (TPSA) is 30.7 Å². The summed E-state index contributed by atoms with van der Waals surface area (Å²) < 4.78 is 2.35. The molecule has 2 rings (SSSR count). The van der Waals surface area contributed by atoms with Crippen molar-refractivity contribution < 1.29 is 0 Å².